The van der Waals surface area contributed by atoms with Crippen LogP contribution < -0.4 is 10.1 Å². The van der Waals surface area contributed by atoms with E-state index in [0.717, 1.165) is 22.7 Å². The summed E-state index contributed by atoms with van der Waals surface area (Å²) >= 11 is 0. The van der Waals surface area contributed by atoms with Gasteiger partial charge in [0.15, 0.2) is 0 Å². The van der Waals surface area contributed by atoms with Gasteiger partial charge in [0.25, 0.3) is 0 Å². The van der Waals surface area contributed by atoms with Crippen LogP contribution in [-0.4, -0.2) is 21.8 Å². The van der Waals surface area contributed by atoms with E-state index in [0.29, 0.717) is 19.4 Å². The minimum atomic E-state index is 0.0489. The summed E-state index contributed by atoms with van der Waals surface area (Å²) < 4.78 is 7.54. The van der Waals surface area contributed by atoms with Crippen molar-refractivity contribution in [2.45, 2.75) is 53.2 Å². The normalized spacial score (nSPS) is 10.9. The van der Waals surface area contributed by atoms with Gasteiger partial charge in [-0.15, -0.1) is 0 Å². The Morgan fingerprint density at radius 2 is 2.08 bits per heavy atom. The second-order valence-electron chi connectivity index (χ2n) is 6.36. The number of aromatic nitrogens is 2. The Morgan fingerprint density at radius 1 is 1.33 bits per heavy atom. The molecule has 1 aromatic carbocycles. The number of carbonyl (C=O) groups is 1. The summed E-state index contributed by atoms with van der Waals surface area (Å²) in [7, 11) is 1.93. The number of ether oxygens (including phenoxy) is 1. The molecule has 24 heavy (non-hydrogen) atoms. The molecule has 0 saturated heterocycles. The van der Waals surface area contributed by atoms with Crippen LogP contribution in [0.5, 0.6) is 5.75 Å². The number of rotatable bonds is 7. The van der Waals surface area contributed by atoms with E-state index < -0.39 is 0 Å². The molecule has 0 atom stereocenters. The van der Waals surface area contributed by atoms with Crippen molar-refractivity contribution in [2.75, 3.05) is 0 Å². The van der Waals surface area contributed by atoms with Gasteiger partial charge in [0.05, 0.1) is 11.8 Å². The van der Waals surface area contributed by atoms with Crippen LogP contribution in [0.2, 0.25) is 0 Å². The van der Waals surface area contributed by atoms with Crippen LogP contribution in [0.1, 0.15) is 42.8 Å². The number of benzene rings is 1. The standard InChI is InChI=1S/C19H27N3O2/c1-13(2)24-17-8-6-7-16(11-17)12-20-19(23)10-9-18-14(3)21-22(5)15(18)4/h6-8,11,13H,9-10,12H2,1-5H3,(H,20,23). The fraction of sp³-hybridized carbons (Fsp3) is 0.474. The topological polar surface area (TPSA) is 56.2 Å². The zero-order chi connectivity index (χ0) is 17.7. The van der Waals surface area contributed by atoms with Crippen molar-refractivity contribution in [1.29, 1.82) is 0 Å². The maximum atomic E-state index is 12.1. The molecule has 2 aromatic rings. The van der Waals surface area contributed by atoms with Crippen LogP contribution in [0.15, 0.2) is 24.3 Å². The minimum absolute atomic E-state index is 0.0489. The monoisotopic (exact) mass is 329 g/mol. The summed E-state index contributed by atoms with van der Waals surface area (Å²) in [5.41, 5.74) is 4.33. The fourth-order valence-electron chi connectivity index (χ4n) is 2.71. The van der Waals surface area contributed by atoms with Gasteiger partial charge >= 0.3 is 0 Å². The SMILES string of the molecule is Cc1nn(C)c(C)c1CCC(=O)NCc1cccc(OC(C)C)c1. The second kappa shape index (κ2) is 7.99. The average Bonchev–Trinajstić information content (AvgIpc) is 2.76. The van der Waals surface area contributed by atoms with Crippen LogP contribution in [0.3, 0.4) is 0 Å². The summed E-state index contributed by atoms with van der Waals surface area (Å²) in [5, 5.41) is 7.36. The highest BCUT2D eigenvalue weighted by molar-refractivity contribution is 5.76. The predicted octanol–water partition coefficient (Wildman–Crippen LogP) is 3.07. The number of aryl methyl sites for hydroxylation is 2. The molecule has 1 N–H and O–H groups in total. The molecule has 0 spiro atoms. The maximum Gasteiger partial charge on any atom is 0.220 e. The van der Waals surface area contributed by atoms with Crippen LogP contribution in [0.4, 0.5) is 0 Å². The highest BCUT2D eigenvalue weighted by Crippen LogP contribution is 2.16. The number of nitrogens with one attached hydrogen (secondary N) is 1. The highest BCUT2D eigenvalue weighted by Gasteiger charge is 2.11. The first kappa shape index (κ1) is 18.0. The van der Waals surface area contributed by atoms with Gasteiger partial charge < -0.3 is 10.1 Å². The van der Waals surface area contributed by atoms with Crippen LogP contribution in [0.25, 0.3) is 0 Å². The van der Waals surface area contributed by atoms with Crippen molar-refractivity contribution in [1.82, 2.24) is 15.1 Å². The fourth-order valence-corrected chi connectivity index (χ4v) is 2.71. The number of nitrogens with zero attached hydrogens (tertiary/aromatic N) is 2. The Morgan fingerprint density at radius 3 is 2.71 bits per heavy atom. The van der Waals surface area contributed by atoms with E-state index in [2.05, 4.69) is 10.4 Å². The van der Waals surface area contributed by atoms with E-state index in [4.69, 9.17) is 4.74 Å². The second-order valence-corrected chi connectivity index (χ2v) is 6.36. The number of hydrogen-bond donors (Lipinski definition) is 1. The van der Waals surface area contributed by atoms with E-state index >= 15 is 0 Å². The number of amides is 1. The molecule has 0 unspecified atom stereocenters. The van der Waals surface area contributed by atoms with Crippen LogP contribution in [0, 0.1) is 13.8 Å². The van der Waals surface area contributed by atoms with Crippen molar-refractivity contribution in [3.63, 3.8) is 0 Å². The van der Waals surface area contributed by atoms with Crippen molar-refractivity contribution in [3.8, 4) is 5.75 Å². The van der Waals surface area contributed by atoms with Gasteiger partial charge in [-0.25, -0.2) is 0 Å². The lowest BCUT2D eigenvalue weighted by atomic mass is 10.1. The minimum Gasteiger partial charge on any atom is -0.491 e. The van der Waals surface area contributed by atoms with Crippen LogP contribution in [-0.2, 0) is 24.8 Å². The Labute approximate surface area is 144 Å². The molecule has 0 bridgehead atoms. The van der Waals surface area contributed by atoms with Crippen molar-refractivity contribution in [3.05, 3.63) is 46.8 Å². The van der Waals surface area contributed by atoms with Crippen molar-refractivity contribution >= 4 is 5.91 Å². The van der Waals surface area contributed by atoms with Crippen LogP contribution >= 0.6 is 0 Å². The lowest BCUT2D eigenvalue weighted by molar-refractivity contribution is -0.121. The molecule has 5 nitrogen and oxygen atoms in total. The first-order valence-corrected chi connectivity index (χ1v) is 8.38. The first-order chi connectivity index (χ1) is 11.4. The quantitative estimate of drug-likeness (QED) is 0.849. The van der Waals surface area contributed by atoms with Gasteiger partial charge in [0.2, 0.25) is 5.91 Å². The molecule has 130 valence electrons. The summed E-state index contributed by atoms with van der Waals surface area (Å²) in [4.78, 5) is 12.1. The molecule has 1 heterocycles. The third-order valence-electron chi connectivity index (χ3n) is 4.02. The lowest BCUT2D eigenvalue weighted by Gasteiger charge is -2.11. The molecule has 5 heteroatoms. The van der Waals surface area contributed by atoms with Gasteiger partial charge in [-0.3, -0.25) is 9.48 Å². The maximum absolute atomic E-state index is 12.1. The Balaban J connectivity index is 1.85. The molecule has 0 fully saturated rings. The molecule has 0 radical (unpaired) electrons. The average molecular weight is 329 g/mol. The third kappa shape index (κ3) is 4.85. The van der Waals surface area contributed by atoms with Crippen molar-refractivity contribution in [2.24, 2.45) is 7.05 Å². The molecular weight excluding hydrogens is 302 g/mol. The summed E-state index contributed by atoms with van der Waals surface area (Å²) in [6, 6.07) is 7.83. The lowest BCUT2D eigenvalue weighted by Crippen LogP contribution is -2.23. The summed E-state index contributed by atoms with van der Waals surface area (Å²) in [6.45, 7) is 8.53. The van der Waals surface area contributed by atoms with Gasteiger partial charge in [-0.1, -0.05) is 12.1 Å². The third-order valence-corrected chi connectivity index (χ3v) is 4.02. The zero-order valence-corrected chi connectivity index (χ0v) is 15.2. The van der Waals surface area contributed by atoms with Crippen molar-refractivity contribution < 1.29 is 9.53 Å². The van der Waals surface area contributed by atoms with Gasteiger partial charge in [-0.2, -0.15) is 5.10 Å². The van der Waals surface area contributed by atoms with E-state index in [1.165, 1.54) is 5.56 Å². The molecule has 0 saturated carbocycles. The first-order valence-electron chi connectivity index (χ1n) is 8.38. The highest BCUT2D eigenvalue weighted by atomic mass is 16.5. The molecule has 0 aliphatic rings. The molecule has 1 amide bonds. The largest absolute Gasteiger partial charge is 0.491 e. The number of carbonyl (C=O) groups excluding carboxylic acids is 1. The molecule has 0 aliphatic carbocycles. The molecule has 2 rings (SSSR count). The Bertz CT molecular complexity index is 705. The van der Waals surface area contributed by atoms with Gasteiger partial charge in [0, 0.05) is 25.7 Å². The predicted molar refractivity (Wildman–Crippen MR) is 95.1 cm³/mol. The molecular formula is C19H27N3O2. The van der Waals surface area contributed by atoms with Gasteiger partial charge in [0.1, 0.15) is 5.75 Å². The Kier molecular flexibility index (Phi) is 6.01. The Hall–Kier alpha value is -2.30. The summed E-state index contributed by atoms with van der Waals surface area (Å²) in [6.07, 6.45) is 1.32. The summed E-state index contributed by atoms with van der Waals surface area (Å²) in [5.74, 6) is 0.881. The smallest absolute Gasteiger partial charge is 0.220 e. The van der Waals surface area contributed by atoms with E-state index in [1.54, 1.807) is 0 Å². The molecule has 0 aliphatic heterocycles. The number of hydrogen-bond acceptors (Lipinski definition) is 3. The van der Waals surface area contributed by atoms with E-state index in [1.807, 2.05) is 63.7 Å². The van der Waals surface area contributed by atoms with E-state index in [9.17, 15) is 4.79 Å². The van der Waals surface area contributed by atoms with Gasteiger partial charge in [-0.05, 0) is 57.4 Å². The van der Waals surface area contributed by atoms with E-state index in [-0.39, 0.29) is 12.0 Å². The molecule has 1 aromatic heterocycles. The zero-order valence-electron chi connectivity index (χ0n) is 15.2.